The summed E-state index contributed by atoms with van der Waals surface area (Å²) < 4.78 is 29.4. The second kappa shape index (κ2) is 8.58. The van der Waals surface area contributed by atoms with Gasteiger partial charge in [0, 0.05) is 16.5 Å². The Balaban J connectivity index is 1.49. The molecule has 3 aromatic carbocycles. The summed E-state index contributed by atoms with van der Waals surface area (Å²) in [6.45, 7) is 3.84. The number of hydrogen-bond donors (Lipinski definition) is 2. The quantitative estimate of drug-likeness (QED) is 0.320. The van der Waals surface area contributed by atoms with Crippen LogP contribution in [0.1, 0.15) is 40.6 Å². The Bertz CT molecular complexity index is 1310. The Labute approximate surface area is 200 Å². The average molecular weight is 477 g/mol. The molecule has 2 aliphatic rings. The van der Waals surface area contributed by atoms with E-state index in [-0.39, 0.29) is 12.0 Å². The first-order valence-electron chi connectivity index (χ1n) is 11.2. The highest BCUT2D eigenvalue weighted by Gasteiger charge is 2.38. The fourth-order valence-corrected chi connectivity index (χ4v) is 6.70. The van der Waals surface area contributed by atoms with Crippen molar-refractivity contribution in [3.63, 3.8) is 0 Å². The molecule has 1 heterocycles. The zero-order valence-electron chi connectivity index (χ0n) is 19.0. The number of anilines is 2. The van der Waals surface area contributed by atoms with Crippen LogP contribution < -0.4 is 10.0 Å². The molecule has 0 fully saturated rings. The molecule has 1 aliphatic carbocycles. The van der Waals surface area contributed by atoms with Crippen LogP contribution in [-0.4, -0.2) is 14.7 Å². The van der Waals surface area contributed by atoms with E-state index in [1.165, 1.54) is 10.5 Å². The van der Waals surface area contributed by atoms with Crippen LogP contribution in [-0.2, 0) is 10.0 Å². The van der Waals surface area contributed by atoms with E-state index in [1.54, 1.807) is 17.8 Å². The molecule has 3 unspecified atom stereocenters. The van der Waals surface area contributed by atoms with Crippen LogP contribution in [0.5, 0.6) is 0 Å². The molecule has 33 heavy (non-hydrogen) atoms. The predicted octanol–water partition coefficient (Wildman–Crippen LogP) is 6.65. The van der Waals surface area contributed by atoms with Gasteiger partial charge in [-0.3, -0.25) is 4.72 Å². The largest absolute Gasteiger partial charge is 0.378 e. The molecule has 0 amide bonds. The van der Waals surface area contributed by atoms with Crippen molar-refractivity contribution in [1.29, 1.82) is 0 Å². The molecule has 5 rings (SSSR count). The maximum absolute atomic E-state index is 13.3. The number of benzene rings is 3. The summed E-state index contributed by atoms with van der Waals surface area (Å²) in [6, 6.07) is 20.2. The number of hydrogen-bond acceptors (Lipinski definition) is 4. The molecule has 0 aromatic heterocycles. The molecule has 0 saturated heterocycles. The normalized spacial score (nSPS) is 21.2. The van der Waals surface area contributed by atoms with Gasteiger partial charge in [-0.15, -0.1) is 11.8 Å². The molecule has 3 aromatic rings. The lowest BCUT2D eigenvalue weighted by Gasteiger charge is -2.37. The molecule has 170 valence electrons. The van der Waals surface area contributed by atoms with Crippen LogP contribution in [0.15, 0.2) is 82.6 Å². The molecular formula is C27H28N2O2S2. The Kier molecular flexibility index (Phi) is 5.75. The first-order valence-corrected chi connectivity index (χ1v) is 13.9. The van der Waals surface area contributed by atoms with Crippen molar-refractivity contribution in [2.45, 2.75) is 42.0 Å². The SMILES string of the molecule is CSc1ccc(C2Nc3ccc(S(=O)(=O)Nc4c(C)cccc4C)cc3C3C=CCC32)cc1. The van der Waals surface area contributed by atoms with Gasteiger partial charge < -0.3 is 5.32 Å². The van der Waals surface area contributed by atoms with E-state index >= 15 is 0 Å². The van der Waals surface area contributed by atoms with Gasteiger partial charge in [0.05, 0.1) is 16.6 Å². The highest BCUT2D eigenvalue weighted by atomic mass is 32.2. The van der Waals surface area contributed by atoms with Crippen LogP contribution >= 0.6 is 11.8 Å². The lowest BCUT2D eigenvalue weighted by Crippen LogP contribution is -2.29. The van der Waals surface area contributed by atoms with Gasteiger partial charge in [-0.05, 0) is 85.0 Å². The van der Waals surface area contributed by atoms with Crippen LogP contribution in [0, 0.1) is 19.8 Å². The molecule has 6 heteroatoms. The minimum atomic E-state index is -3.70. The second-order valence-electron chi connectivity index (χ2n) is 8.87. The van der Waals surface area contributed by atoms with Gasteiger partial charge in [-0.2, -0.15) is 0 Å². The van der Waals surface area contributed by atoms with Crippen molar-refractivity contribution in [3.8, 4) is 0 Å². The van der Waals surface area contributed by atoms with Gasteiger partial charge in [-0.25, -0.2) is 8.42 Å². The highest BCUT2D eigenvalue weighted by Crippen LogP contribution is 2.50. The molecule has 3 atom stereocenters. The Morgan fingerprint density at radius 2 is 1.73 bits per heavy atom. The Hall–Kier alpha value is -2.70. The predicted molar refractivity (Wildman–Crippen MR) is 138 cm³/mol. The van der Waals surface area contributed by atoms with E-state index in [4.69, 9.17) is 0 Å². The van der Waals surface area contributed by atoms with Crippen molar-refractivity contribution < 1.29 is 8.42 Å². The lowest BCUT2D eigenvalue weighted by atomic mass is 9.77. The van der Waals surface area contributed by atoms with Crippen molar-refractivity contribution >= 4 is 33.2 Å². The van der Waals surface area contributed by atoms with E-state index in [9.17, 15) is 8.42 Å². The molecule has 0 spiro atoms. The van der Waals surface area contributed by atoms with E-state index < -0.39 is 10.0 Å². The molecule has 0 saturated carbocycles. The molecular weight excluding hydrogens is 448 g/mol. The maximum atomic E-state index is 13.3. The van der Waals surface area contributed by atoms with Crippen molar-refractivity contribution in [2.24, 2.45) is 5.92 Å². The monoisotopic (exact) mass is 476 g/mol. The van der Waals surface area contributed by atoms with E-state index in [0.29, 0.717) is 16.5 Å². The zero-order chi connectivity index (χ0) is 23.2. The van der Waals surface area contributed by atoms with Crippen molar-refractivity contribution in [1.82, 2.24) is 0 Å². The maximum Gasteiger partial charge on any atom is 0.261 e. The second-order valence-corrected chi connectivity index (χ2v) is 11.4. The number of thioether (sulfide) groups is 1. The number of rotatable bonds is 5. The summed E-state index contributed by atoms with van der Waals surface area (Å²) in [5.74, 6) is 0.559. The van der Waals surface area contributed by atoms with Gasteiger partial charge >= 0.3 is 0 Å². The third kappa shape index (κ3) is 4.06. The summed E-state index contributed by atoms with van der Waals surface area (Å²) in [6.07, 6.45) is 7.53. The fraction of sp³-hybridized carbons (Fsp3) is 0.259. The fourth-order valence-electron chi connectivity index (χ4n) is 5.05. The van der Waals surface area contributed by atoms with Gasteiger partial charge in [0.2, 0.25) is 0 Å². The standard InChI is InChI=1S/C27H28N2O2S2/c1-17-6-4-7-18(2)26(17)29-33(30,31)21-14-15-25-24(16-21)22-8-5-9-23(22)27(28-25)19-10-12-20(32-3)13-11-19/h4-8,10-16,22-23,27-29H,9H2,1-3H3. The van der Waals surface area contributed by atoms with Crippen LogP contribution in [0.4, 0.5) is 11.4 Å². The summed E-state index contributed by atoms with van der Waals surface area (Å²) in [4.78, 5) is 1.55. The first-order chi connectivity index (χ1) is 15.9. The minimum Gasteiger partial charge on any atom is -0.378 e. The van der Waals surface area contributed by atoms with E-state index in [2.05, 4.69) is 52.7 Å². The number of allylic oxidation sites excluding steroid dienone is 2. The lowest BCUT2D eigenvalue weighted by molar-refractivity contribution is 0.425. The topological polar surface area (TPSA) is 58.2 Å². The Morgan fingerprint density at radius 3 is 2.42 bits per heavy atom. The van der Waals surface area contributed by atoms with Crippen LogP contribution in [0.3, 0.4) is 0 Å². The molecule has 0 radical (unpaired) electrons. The van der Waals surface area contributed by atoms with Gasteiger partial charge in [0.25, 0.3) is 10.0 Å². The average Bonchev–Trinajstić information content (AvgIpc) is 3.31. The third-order valence-corrected chi connectivity index (χ3v) is 8.93. The number of sulfonamides is 1. The first kappa shape index (κ1) is 22.1. The summed E-state index contributed by atoms with van der Waals surface area (Å²) >= 11 is 1.74. The number of fused-ring (bicyclic) bond motifs is 3. The smallest absolute Gasteiger partial charge is 0.261 e. The van der Waals surface area contributed by atoms with E-state index in [0.717, 1.165) is 28.8 Å². The number of aryl methyl sites for hydroxylation is 2. The molecule has 4 nitrogen and oxygen atoms in total. The number of para-hydroxylation sites is 1. The van der Waals surface area contributed by atoms with Gasteiger partial charge in [-0.1, -0.05) is 42.5 Å². The van der Waals surface area contributed by atoms with Gasteiger partial charge in [0.15, 0.2) is 0 Å². The number of nitrogens with one attached hydrogen (secondary N) is 2. The molecule has 1 aliphatic heterocycles. The van der Waals surface area contributed by atoms with Crippen molar-refractivity contribution in [3.05, 3.63) is 95.1 Å². The van der Waals surface area contributed by atoms with Gasteiger partial charge in [0.1, 0.15) is 0 Å². The highest BCUT2D eigenvalue weighted by molar-refractivity contribution is 7.98. The summed E-state index contributed by atoms with van der Waals surface area (Å²) in [7, 11) is -3.70. The molecule has 0 bridgehead atoms. The van der Waals surface area contributed by atoms with Crippen LogP contribution in [0.25, 0.3) is 0 Å². The van der Waals surface area contributed by atoms with Crippen molar-refractivity contribution in [2.75, 3.05) is 16.3 Å². The van der Waals surface area contributed by atoms with E-state index in [1.807, 2.05) is 44.2 Å². The third-order valence-electron chi connectivity index (χ3n) is 6.84. The summed E-state index contributed by atoms with van der Waals surface area (Å²) in [5, 5.41) is 3.71. The zero-order valence-corrected chi connectivity index (χ0v) is 20.6. The molecule has 2 N–H and O–H groups in total. The minimum absolute atomic E-state index is 0.196. The Morgan fingerprint density at radius 1 is 1.00 bits per heavy atom. The summed E-state index contributed by atoms with van der Waals surface area (Å²) in [5.41, 5.74) is 5.80. The van der Waals surface area contributed by atoms with Crippen LogP contribution in [0.2, 0.25) is 0 Å².